The fourth-order valence-electron chi connectivity index (χ4n) is 2.94. The van der Waals surface area contributed by atoms with Gasteiger partial charge in [-0.1, -0.05) is 18.5 Å². The van der Waals surface area contributed by atoms with E-state index in [4.69, 9.17) is 16.6 Å². The lowest BCUT2D eigenvalue weighted by molar-refractivity contribution is 0.173. The van der Waals surface area contributed by atoms with E-state index in [-0.39, 0.29) is 0 Å². The Bertz CT molecular complexity index is 638. The third-order valence-electron chi connectivity index (χ3n) is 4.14. The molecule has 1 unspecified atom stereocenters. The van der Waals surface area contributed by atoms with Gasteiger partial charge in [-0.3, -0.25) is 4.90 Å². The van der Waals surface area contributed by atoms with Crippen molar-refractivity contribution in [2.45, 2.75) is 40.2 Å². The molecule has 2 aromatic heterocycles. The van der Waals surface area contributed by atoms with Crippen LogP contribution in [0.4, 0.5) is 0 Å². The van der Waals surface area contributed by atoms with E-state index in [0.717, 1.165) is 41.6 Å². The third kappa shape index (κ3) is 2.69. The minimum Gasteiger partial charge on any atom is -0.296 e. The van der Waals surface area contributed by atoms with Gasteiger partial charge in [-0.05, 0) is 44.7 Å². The number of rotatable bonds is 2. The number of fused-ring (bicyclic) bond motifs is 1. The minimum absolute atomic E-state index is 0.608. The summed E-state index contributed by atoms with van der Waals surface area (Å²) in [6, 6.07) is 0. The first-order valence-corrected chi connectivity index (χ1v) is 8.38. The predicted octanol–water partition coefficient (Wildman–Crippen LogP) is 4.19. The van der Waals surface area contributed by atoms with E-state index >= 15 is 0 Å². The normalized spacial score (nSPS) is 20.7. The summed E-state index contributed by atoms with van der Waals surface area (Å²) in [7, 11) is 0. The Hall–Kier alpha value is -0.710. The van der Waals surface area contributed by atoms with Crippen molar-refractivity contribution in [2.75, 3.05) is 13.1 Å². The minimum atomic E-state index is 0.608. The monoisotopic (exact) mass is 309 g/mol. The quantitative estimate of drug-likeness (QED) is 0.779. The first-order chi connectivity index (χ1) is 9.54. The molecule has 3 rings (SSSR count). The van der Waals surface area contributed by atoms with Crippen molar-refractivity contribution in [3.63, 3.8) is 0 Å². The maximum atomic E-state index is 6.36. The van der Waals surface area contributed by atoms with Crippen LogP contribution >= 0.6 is 22.9 Å². The van der Waals surface area contributed by atoms with Crippen LogP contribution in [-0.2, 0) is 6.54 Å². The second-order valence-corrected chi connectivity index (χ2v) is 7.44. The van der Waals surface area contributed by atoms with Crippen LogP contribution in [0, 0.1) is 19.8 Å². The van der Waals surface area contributed by atoms with Crippen LogP contribution < -0.4 is 0 Å². The molecule has 20 heavy (non-hydrogen) atoms. The summed E-state index contributed by atoms with van der Waals surface area (Å²) in [4.78, 5) is 14.0. The molecule has 1 fully saturated rings. The number of aryl methyl sites for hydroxylation is 2. The van der Waals surface area contributed by atoms with Crippen molar-refractivity contribution in [2.24, 2.45) is 5.92 Å². The highest BCUT2D eigenvalue weighted by Crippen LogP contribution is 2.33. The highest BCUT2D eigenvalue weighted by Gasteiger charge is 2.19. The highest BCUT2D eigenvalue weighted by molar-refractivity contribution is 7.18. The van der Waals surface area contributed by atoms with E-state index in [1.54, 1.807) is 11.3 Å². The van der Waals surface area contributed by atoms with Gasteiger partial charge in [-0.25, -0.2) is 9.97 Å². The van der Waals surface area contributed by atoms with Gasteiger partial charge in [0.05, 0.1) is 11.9 Å². The number of halogens is 1. The van der Waals surface area contributed by atoms with Gasteiger partial charge < -0.3 is 0 Å². The Labute approximate surface area is 129 Å². The van der Waals surface area contributed by atoms with Crippen LogP contribution in [0.5, 0.6) is 0 Å². The first kappa shape index (κ1) is 14.2. The lowest BCUT2D eigenvalue weighted by Gasteiger charge is -2.30. The van der Waals surface area contributed by atoms with E-state index in [2.05, 4.69) is 30.7 Å². The van der Waals surface area contributed by atoms with Crippen molar-refractivity contribution >= 4 is 33.2 Å². The summed E-state index contributed by atoms with van der Waals surface area (Å²) in [5.41, 5.74) is 1.22. The topological polar surface area (TPSA) is 29.0 Å². The Kier molecular flexibility index (Phi) is 3.98. The Morgan fingerprint density at radius 2 is 2.15 bits per heavy atom. The third-order valence-corrected chi connectivity index (χ3v) is 5.51. The van der Waals surface area contributed by atoms with Gasteiger partial charge in [-0.15, -0.1) is 11.3 Å². The van der Waals surface area contributed by atoms with E-state index in [9.17, 15) is 0 Å². The summed E-state index contributed by atoms with van der Waals surface area (Å²) in [5.74, 6) is 1.63. The second kappa shape index (κ2) is 5.58. The molecular formula is C15H20ClN3S. The Morgan fingerprint density at radius 3 is 2.90 bits per heavy atom. The molecule has 2 aromatic rings. The summed E-state index contributed by atoms with van der Waals surface area (Å²) >= 11 is 8.08. The number of hydrogen-bond donors (Lipinski definition) is 0. The van der Waals surface area contributed by atoms with Crippen LogP contribution in [0.25, 0.3) is 10.2 Å². The van der Waals surface area contributed by atoms with Gasteiger partial charge in [0.25, 0.3) is 0 Å². The van der Waals surface area contributed by atoms with Crippen LogP contribution in [0.2, 0.25) is 5.15 Å². The molecule has 1 atom stereocenters. The second-order valence-electron chi connectivity index (χ2n) is 5.88. The highest BCUT2D eigenvalue weighted by atomic mass is 35.5. The molecule has 3 heterocycles. The molecule has 108 valence electrons. The molecule has 0 radical (unpaired) electrons. The lowest BCUT2D eigenvalue weighted by Crippen LogP contribution is -2.34. The fraction of sp³-hybridized carbons (Fsp3) is 0.600. The standard InChI is InChI=1S/C15H20ClN3S/c1-9-5-4-6-19(7-9)8-12-17-14(16)13-10(2)11(3)20-15(13)18-12/h9H,4-8H2,1-3H3. The van der Waals surface area contributed by atoms with E-state index in [0.29, 0.717) is 5.15 Å². The molecule has 0 saturated carbocycles. The van der Waals surface area contributed by atoms with Gasteiger partial charge in [-0.2, -0.15) is 0 Å². The maximum absolute atomic E-state index is 6.36. The fourth-order valence-corrected chi connectivity index (χ4v) is 4.38. The van der Waals surface area contributed by atoms with Crippen LogP contribution in [0.3, 0.4) is 0 Å². The molecule has 0 N–H and O–H groups in total. The van der Waals surface area contributed by atoms with Crippen molar-refractivity contribution in [3.8, 4) is 0 Å². The Morgan fingerprint density at radius 1 is 1.35 bits per heavy atom. The van der Waals surface area contributed by atoms with E-state index in [1.807, 2.05) is 0 Å². The lowest BCUT2D eigenvalue weighted by atomic mass is 10.0. The van der Waals surface area contributed by atoms with Gasteiger partial charge in [0.15, 0.2) is 0 Å². The molecule has 0 spiro atoms. The Balaban J connectivity index is 1.89. The average molecular weight is 310 g/mol. The SMILES string of the molecule is Cc1sc2nc(CN3CCCC(C)C3)nc(Cl)c2c1C. The maximum Gasteiger partial charge on any atom is 0.145 e. The van der Waals surface area contributed by atoms with Crippen molar-refractivity contribution < 1.29 is 0 Å². The van der Waals surface area contributed by atoms with E-state index in [1.165, 1.54) is 23.3 Å². The average Bonchev–Trinajstić information content (AvgIpc) is 2.65. The van der Waals surface area contributed by atoms with Gasteiger partial charge in [0.1, 0.15) is 15.8 Å². The molecule has 0 aliphatic carbocycles. The summed E-state index contributed by atoms with van der Waals surface area (Å²) in [5, 5.41) is 1.64. The van der Waals surface area contributed by atoms with Gasteiger partial charge in [0, 0.05) is 11.4 Å². The summed E-state index contributed by atoms with van der Waals surface area (Å²) < 4.78 is 0. The number of piperidine rings is 1. The summed E-state index contributed by atoms with van der Waals surface area (Å²) in [6.07, 6.45) is 2.61. The van der Waals surface area contributed by atoms with Gasteiger partial charge >= 0.3 is 0 Å². The zero-order valence-corrected chi connectivity index (χ0v) is 13.8. The largest absolute Gasteiger partial charge is 0.296 e. The van der Waals surface area contributed by atoms with Crippen LogP contribution in [-0.4, -0.2) is 28.0 Å². The zero-order valence-electron chi connectivity index (χ0n) is 12.2. The van der Waals surface area contributed by atoms with Crippen molar-refractivity contribution in [3.05, 3.63) is 21.4 Å². The van der Waals surface area contributed by atoms with Crippen LogP contribution in [0.1, 0.15) is 36.0 Å². The van der Waals surface area contributed by atoms with Gasteiger partial charge in [0.2, 0.25) is 0 Å². The molecule has 1 aliphatic rings. The zero-order chi connectivity index (χ0) is 14.3. The molecule has 5 heteroatoms. The predicted molar refractivity (Wildman–Crippen MR) is 85.6 cm³/mol. The number of nitrogens with zero attached hydrogens (tertiary/aromatic N) is 3. The molecular weight excluding hydrogens is 290 g/mol. The number of likely N-dealkylation sites (tertiary alicyclic amines) is 1. The van der Waals surface area contributed by atoms with Crippen molar-refractivity contribution in [1.29, 1.82) is 0 Å². The molecule has 0 aromatic carbocycles. The number of aromatic nitrogens is 2. The van der Waals surface area contributed by atoms with Crippen molar-refractivity contribution in [1.82, 2.24) is 14.9 Å². The number of thiophene rings is 1. The number of hydrogen-bond acceptors (Lipinski definition) is 4. The molecule has 1 aliphatic heterocycles. The molecule has 1 saturated heterocycles. The first-order valence-electron chi connectivity index (χ1n) is 7.19. The van der Waals surface area contributed by atoms with Crippen LogP contribution in [0.15, 0.2) is 0 Å². The molecule has 3 nitrogen and oxygen atoms in total. The smallest absolute Gasteiger partial charge is 0.145 e. The van der Waals surface area contributed by atoms with E-state index < -0.39 is 0 Å². The molecule has 0 amide bonds. The summed E-state index contributed by atoms with van der Waals surface area (Å²) in [6.45, 7) is 9.62. The molecule has 0 bridgehead atoms.